The van der Waals surface area contributed by atoms with Gasteiger partial charge in [0.25, 0.3) is 0 Å². The number of hydrogen-bond donors (Lipinski definition) is 3. The van der Waals surface area contributed by atoms with Gasteiger partial charge >= 0.3 is 5.97 Å². The van der Waals surface area contributed by atoms with Crippen LogP contribution in [0.5, 0.6) is 5.75 Å². The number of benzene rings is 1. The minimum absolute atomic E-state index is 0.0512. The average Bonchev–Trinajstić information content (AvgIpc) is 2.47. The van der Waals surface area contributed by atoms with Crippen molar-refractivity contribution in [2.24, 2.45) is 0 Å². The number of carboxylic acid groups (broad SMARTS) is 1. The summed E-state index contributed by atoms with van der Waals surface area (Å²) in [5.41, 5.74) is 0.543. The number of hydrogen-bond acceptors (Lipinski definition) is 5. The largest absolute Gasteiger partial charge is 0.496 e. The van der Waals surface area contributed by atoms with Crippen molar-refractivity contribution in [1.82, 2.24) is 5.32 Å². The number of carboxylic acids is 1. The van der Waals surface area contributed by atoms with E-state index in [1.165, 1.54) is 25.3 Å². The number of ether oxygens (including phenoxy) is 2. The van der Waals surface area contributed by atoms with Crippen molar-refractivity contribution < 1.29 is 24.2 Å². The maximum absolute atomic E-state index is 11.9. The van der Waals surface area contributed by atoms with E-state index in [0.717, 1.165) is 6.54 Å². The first-order chi connectivity index (χ1) is 10.1. The molecule has 7 nitrogen and oxygen atoms in total. The van der Waals surface area contributed by atoms with E-state index < -0.39 is 5.97 Å². The molecule has 1 aliphatic rings. The van der Waals surface area contributed by atoms with E-state index in [4.69, 9.17) is 14.6 Å². The molecule has 1 amide bonds. The van der Waals surface area contributed by atoms with Crippen molar-refractivity contribution >= 4 is 17.6 Å². The minimum Gasteiger partial charge on any atom is -0.496 e. The molecule has 2 rings (SSSR count). The van der Waals surface area contributed by atoms with Gasteiger partial charge in [-0.15, -0.1) is 0 Å². The third kappa shape index (κ3) is 4.17. The number of morpholine rings is 1. The molecule has 0 bridgehead atoms. The quantitative estimate of drug-likeness (QED) is 0.740. The molecule has 0 saturated carbocycles. The predicted octanol–water partition coefficient (Wildman–Crippen LogP) is 0.710. The van der Waals surface area contributed by atoms with Crippen LogP contribution in [0.15, 0.2) is 18.2 Å². The predicted molar refractivity (Wildman–Crippen MR) is 75.8 cm³/mol. The van der Waals surface area contributed by atoms with E-state index >= 15 is 0 Å². The zero-order valence-corrected chi connectivity index (χ0v) is 11.7. The van der Waals surface area contributed by atoms with E-state index in [1.807, 2.05) is 0 Å². The second-order valence-corrected chi connectivity index (χ2v) is 4.67. The van der Waals surface area contributed by atoms with Gasteiger partial charge in [0.1, 0.15) is 11.3 Å². The van der Waals surface area contributed by atoms with E-state index in [2.05, 4.69) is 10.6 Å². The summed E-state index contributed by atoms with van der Waals surface area (Å²) in [4.78, 5) is 22.9. The third-order valence-corrected chi connectivity index (χ3v) is 3.13. The van der Waals surface area contributed by atoms with Gasteiger partial charge in [0, 0.05) is 24.8 Å². The first kappa shape index (κ1) is 15.3. The van der Waals surface area contributed by atoms with Gasteiger partial charge < -0.3 is 25.2 Å². The van der Waals surface area contributed by atoms with E-state index in [1.54, 1.807) is 0 Å². The van der Waals surface area contributed by atoms with E-state index in [-0.39, 0.29) is 29.7 Å². The number of carbonyl (C=O) groups excluding carboxylic acids is 1. The molecule has 21 heavy (non-hydrogen) atoms. The summed E-state index contributed by atoms with van der Waals surface area (Å²) in [6, 6.07) is 4.42. The van der Waals surface area contributed by atoms with Gasteiger partial charge in [-0.2, -0.15) is 0 Å². The Kier molecular flexibility index (Phi) is 5.13. The van der Waals surface area contributed by atoms with Crippen LogP contribution in [0.1, 0.15) is 16.8 Å². The van der Waals surface area contributed by atoms with Crippen molar-refractivity contribution in [2.45, 2.75) is 12.5 Å². The highest BCUT2D eigenvalue weighted by atomic mass is 16.5. The number of carbonyl (C=O) groups is 2. The first-order valence-corrected chi connectivity index (χ1v) is 6.63. The molecule has 1 aliphatic heterocycles. The first-order valence-electron chi connectivity index (χ1n) is 6.63. The lowest BCUT2D eigenvalue weighted by molar-refractivity contribution is -0.119. The fourth-order valence-electron chi connectivity index (χ4n) is 2.12. The Hall–Kier alpha value is -2.12. The molecule has 0 spiro atoms. The van der Waals surface area contributed by atoms with Crippen molar-refractivity contribution in [3.05, 3.63) is 23.8 Å². The molecule has 1 unspecified atom stereocenters. The lowest BCUT2D eigenvalue weighted by atomic mass is 10.1. The van der Waals surface area contributed by atoms with Gasteiger partial charge in [-0.3, -0.25) is 4.79 Å². The smallest absolute Gasteiger partial charge is 0.339 e. The SMILES string of the molecule is COc1cc(NC(=O)CC2CNCCO2)ccc1C(=O)O. The standard InChI is InChI=1S/C14H18N2O5/c1-20-12-6-9(2-3-11(12)14(18)19)16-13(17)7-10-8-15-4-5-21-10/h2-3,6,10,15H,4-5,7-8H2,1H3,(H,16,17)(H,18,19). The molecule has 1 fully saturated rings. The molecule has 7 heteroatoms. The highest BCUT2D eigenvalue weighted by Gasteiger charge is 2.18. The Morgan fingerprint density at radius 2 is 2.33 bits per heavy atom. The van der Waals surface area contributed by atoms with Crippen LogP contribution >= 0.6 is 0 Å². The van der Waals surface area contributed by atoms with Crippen molar-refractivity contribution in [1.29, 1.82) is 0 Å². The summed E-state index contributed by atoms with van der Waals surface area (Å²) in [5, 5.41) is 14.9. The second-order valence-electron chi connectivity index (χ2n) is 4.67. The number of anilines is 1. The van der Waals surface area contributed by atoms with Gasteiger partial charge in [0.15, 0.2) is 0 Å². The average molecular weight is 294 g/mol. The van der Waals surface area contributed by atoms with Crippen LogP contribution in [-0.2, 0) is 9.53 Å². The molecule has 0 aliphatic carbocycles. The number of amides is 1. The zero-order valence-electron chi connectivity index (χ0n) is 11.7. The van der Waals surface area contributed by atoms with Crippen LogP contribution in [-0.4, -0.2) is 49.9 Å². The molecule has 114 valence electrons. The molecule has 0 aromatic heterocycles. The zero-order chi connectivity index (χ0) is 15.2. The van der Waals surface area contributed by atoms with Gasteiger partial charge in [0.2, 0.25) is 5.91 Å². The summed E-state index contributed by atoms with van der Waals surface area (Å²) >= 11 is 0. The minimum atomic E-state index is -1.08. The normalized spacial score (nSPS) is 18.0. The van der Waals surface area contributed by atoms with Crippen molar-refractivity contribution in [3.8, 4) is 5.75 Å². The molecule has 1 aromatic carbocycles. The van der Waals surface area contributed by atoms with E-state index in [9.17, 15) is 9.59 Å². The molecule has 1 atom stereocenters. The highest BCUT2D eigenvalue weighted by Crippen LogP contribution is 2.23. The summed E-state index contributed by atoms with van der Waals surface area (Å²) in [5.74, 6) is -1.06. The highest BCUT2D eigenvalue weighted by molar-refractivity contribution is 5.94. The summed E-state index contributed by atoms with van der Waals surface area (Å²) in [6.45, 7) is 2.04. The molecular weight excluding hydrogens is 276 g/mol. The van der Waals surface area contributed by atoms with Gasteiger partial charge in [-0.05, 0) is 12.1 Å². The van der Waals surface area contributed by atoms with E-state index in [0.29, 0.717) is 18.8 Å². The number of methoxy groups -OCH3 is 1. The molecular formula is C14H18N2O5. The molecule has 0 radical (unpaired) electrons. The fourth-order valence-corrected chi connectivity index (χ4v) is 2.12. The van der Waals surface area contributed by atoms with Crippen LogP contribution in [0, 0.1) is 0 Å². The summed E-state index contributed by atoms with van der Waals surface area (Å²) in [7, 11) is 1.38. The van der Waals surface area contributed by atoms with Crippen LogP contribution in [0.3, 0.4) is 0 Å². The topological polar surface area (TPSA) is 96.9 Å². The summed E-state index contributed by atoms with van der Waals surface area (Å²) in [6.07, 6.45) is 0.106. The molecule has 1 saturated heterocycles. The Labute approximate surface area is 122 Å². The Bertz CT molecular complexity index is 526. The van der Waals surface area contributed by atoms with Crippen molar-refractivity contribution in [2.75, 3.05) is 32.1 Å². The second kappa shape index (κ2) is 7.05. The summed E-state index contributed by atoms with van der Waals surface area (Å²) < 4.78 is 10.5. The monoisotopic (exact) mass is 294 g/mol. The Morgan fingerprint density at radius 1 is 1.52 bits per heavy atom. The van der Waals surface area contributed by atoms with Crippen LogP contribution in [0.2, 0.25) is 0 Å². The Morgan fingerprint density at radius 3 is 2.95 bits per heavy atom. The number of rotatable bonds is 5. The maximum Gasteiger partial charge on any atom is 0.339 e. The van der Waals surface area contributed by atoms with Gasteiger partial charge in [-0.1, -0.05) is 0 Å². The molecule has 1 aromatic rings. The van der Waals surface area contributed by atoms with Gasteiger partial charge in [-0.25, -0.2) is 4.79 Å². The van der Waals surface area contributed by atoms with Crippen LogP contribution in [0.4, 0.5) is 5.69 Å². The number of nitrogens with one attached hydrogen (secondary N) is 2. The van der Waals surface area contributed by atoms with Crippen LogP contribution in [0.25, 0.3) is 0 Å². The number of aromatic carboxylic acids is 1. The lowest BCUT2D eigenvalue weighted by Gasteiger charge is -2.23. The molecule has 1 heterocycles. The van der Waals surface area contributed by atoms with Crippen molar-refractivity contribution in [3.63, 3.8) is 0 Å². The fraction of sp³-hybridized carbons (Fsp3) is 0.429. The third-order valence-electron chi connectivity index (χ3n) is 3.13. The maximum atomic E-state index is 11.9. The molecule has 3 N–H and O–H groups in total. The van der Waals surface area contributed by atoms with Crippen LogP contribution < -0.4 is 15.4 Å². The van der Waals surface area contributed by atoms with Gasteiger partial charge in [0.05, 0.1) is 26.2 Å². The Balaban J connectivity index is 1.98. The lowest BCUT2D eigenvalue weighted by Crippen LogP contribution is -2.40.